The summed E-state index contributed by atoms with van der Waals surface area (Å²) in [4.78, 5) is 27.2. The van der Waals surface area contributed by atoms with Crippen molar-refractivity contribution in [1.82, 2.24) is 4.90 Å². The molecule has 2 aromatic rings. The molecule has 6 heteroatoms. The third-order valence-electron chi connectivity index (χ3n) is 4.90. The third-order valence-corrected chi connectivity index (χ3v) is 5.50. The molecule has 1 aliphatic heterocycles. The second-order valence-corrected chi connectivity index (χ2v) is 7.54. The van der Waals surface area contributed by atoms with Crippen LogP contribution in [0.5, 0.6) is 5.75 Å². The van der Waals surface area contributed by atoms with Gasteiger partial charge in [-0.05, 0) is 69.0 Å². The minimum absolute atomic E-state index is 0.0501. The number of carbonyl (C=O) groups excluding carboxylic acids is 2. The zero-order valence-corrected chi connectivity index (χ0v) is 17.2. The van der Waals surface area contributed by atoms with E-state index in [9.17, 15) is 9.59 Å². The van der Waals surface area contributed by atoms with Gasteiger partial charge in [0.05, 0.1) is 11.3 Å². The topological polar surface area (TPSA) is 58.6 Å². The molecule has 0 bridgehead atoms. The maximum atomic E-state index is 12.7. The summed E-state index contributed by atoms with van der Waals surface area (Å²) in [5.74, 6) is 0.223. The third kappa shape index (κ3) is 4.47. The van der Waals surface area contributed by atoms with Gasteiger partial charge in [0, 0.05) is 18.1 Å². The normalized spacial score (nSPS) is 14.6. The summed E-state index contributed by atoms with van der Waals surface area (Å²) in [5, 5.41) is 3.53. The van der Waals surface area contributed by atoms with Gasteiger partial charge in [-0.25, -0.2) is 0 Å². The van der Waals surface area contributed by atoms with Crippen molar-refractivity contribution in [3.63, 3.8) is 0 Å². The van der Waals surface area contributed by atoms with Crippen molar-refractivity contribution in [3.8, 4) is 5.75 Å². The van der Waals surface area contributed by atoms with Crippen LogP contribution in [0.4, 0.5) is 5.69 Å². The maximum absolute atomic E-state index is 12.7. The summed E-state index contributed by atoms with van der Waals surface area (Å²) in [5.41, 5.74) is 2.79. The van der Waals surface area contributed by atoms with Gasteiger partial charge in [-0.15, -0.1) is 0 Å². The Hall–Kier alpha value is -2.53. The zero-order valence-electron chi connectivity index (χ0n) is 16.4. The predicted molar refractivity (Wildman–Crippen MR) is 111 cm³/mol. The van der Waals surface area contributed by atoms with Crippen LogP contribution in [0.15, 0.2) is 36.4 Å². The first-order chi connectivity index (χ1) is 13.4. The number of amides is 2. The minimum Gasteiger partial charge on any atom is -0.481 e. The van der Waals surface area contributed by atoms with Gasteiger partial charge in [-0.1, -0.05) is 23.7 Å². The number of para-hydroxylation sites is 1. The Balaban J connectivity index is 1.71. The molecule has 0 spiro atoms. The Labute approximate surface area is 170 Å². The van der Waals surface area contributed by atoms with Crippen molar-refractivity contribution in [3.05, 3.63) is 58.1 Å². The molecular formula is C22H25ClN2O3. The average Bonchev–Trinajstić information content (AvgIpc) is 3.20. The molecule has 28 heavy (non-hydrogen) atoms. The summed E-state index contributed by atoms with van der Waals surface area (Å²) < 4.78 is 5.80. The Morgan fingerprint density at radius 2 is 1.71 bits per heavy atom. The van der Waals surface area contributed by atoms with Crippen molar-refractivity contribution in [2.45, 2.75) is 39.7 Å². The number of rotatable bonds is 5. The molecule has 1 saturated heterocycles. The number of halogens is 1. The lowest BCUT2D eigenvalue weighted by atomic mass is 10.1. The van der Waals surface area contributed by atoms with Gasteiger partial charge in [0.15, 0.2) is 6.10 Å². The molecule has 3 rings (SSSR count). The first kappa shape index (κ1) is 20.2. The van der Waals surface area contributed by atoms with Crippen LogP contribution in [-0.2, 0) is 4.79 Å². The van der Waals surface area contributed by atoms with E-state index < -0.39 is 6.10 Å². The van der Waals surface area contributed by atoms with Gasteiger partial charge in [0.25, 0.3) is 11.8 Å². The van der Waals surface area contributed by atoms with Gasteiger partial charge >= 0.3 is 0 Å². The molecule has 0 aromatic heterocycles. The zero-order chi connectivity index (χ0) is 20.3. The molecule has 1 atom stereocenters. The summed E-state index contributed by atoms with van der Waals surface area (Å²) in [7, 11) is 0. The molecular weight excluding hydrogens is 376 g/mol. The lowest BCUT2D eigenvalue weighted by molar-refractivity contribution is -0.122. The number of anilines is 1. The Morgan fingerprint density at radius 1 is 1.11 bits per heavy atom. The first-order valence-electron chi connectivity index (χ1n) is 9.49. The van der Waals surface area contributed by atoms with Crippen molar-refractivity contribution in [2.24, 2.45) is 0 Å². The SMILES string of the molecule is Cc1cc(O[C@@H](C)C(=O)Nc2ccccc2C(=O)N2CCCC2)cc(C)c1Cl. The van der Waals surface area contributed by atoms with Gasteiger partial charge in [0.1, 0.15) is 5.75 Å². The maximum Gasteiger partial charge on any atom is 0.265 e. The summed E-state index contributed by atoms with van der Waals surface area (Å²) in [6.45, 7) is 6.99. The van der Waals surface area contributed by atoms with E-state index in [0.717, 1.165) is 37.1 Å². The summed E-state index contributed by atoms with van der Waals surface area (Å²) in [6.07, 6.45) is 1.31. The molecule has 0 aliphatic carbocycles. The van der Waals surface area contributed by atoms with Crippen LogP contribution in [0.3, 0.4) is 0 Å². The monoisotopic (exact) mass is 400 g/mol. The minimum atomic E-state index is -0.727. The number of benzene rings is 2. The van der Waals surface area contributed by atoms with E-state index in [1.807, 2.05) is 30.9 Å². The smallest absolute Gasteiger partial charge is 0.265 e. The van der Waals surface area contributed by atoms with Crippen LogP contribution >= 0.6 is 11.6 Å². The Kier molecular flexibility index (Phi) is 6.25. The number of hydrogen-bond acceptors (Lipinski definition) is 3. The van der Waals surface area contributed by atoms with E-state index in [-0.39, 0.29) is 11.8 Å². The fourth-order valence-electron chi connectivity index (χ4n) is 3.34. The van der Waals surface area contributed by atoms with Crippen LogP contribution in [0.1, 0.15) is 41.3 Å². The van der Waals surface area contributed by atoms with Crippen molar-refractivity contribution in [2.75, 3.05) is 18.4 Å². The second kappa shape index (κ2) is 8.65. The van der Waals surface area contributed by atoms with E-state index in [4.69, 9.17) is 16.3 Å². The van der Waals surface area contributed by atoms with Gasteiger partial charge < -0.3 is 15.0 Å². The van der Waals surface area contributed by atoms with Crippen molar-refractivity contribution in [1.29, 1.82) is 0 Å². The highest BCUT2D eigenvalue weighted by Crippen LogP contribution is 2.27. The quantitative estimate of drug-likeness (QED) is 0.797. The van der Waals surface area contributed by atoms with Gasteiger partial charge in [0.2, 0.25) is 0 Å². The van der Waals surface area contributed by atoms with Crippen molar-refractivity contribution < 1.29 is 14.3 Å². The van der Waals surface area contributed by atoms with Gasteiger partial charge in [-0.3, -0.25) is 9.59 Å². The highest BCUT2D eigenvalue weighted by molar-refractivity contribution is 6.32. The average molecular weight is 401 g/mol. The highest BCUT2D eigenvalue weighted by Gasteiger charge is 2.23. The van der Waals surface area contributed by atoms with E-state index >= 15 is 0 Å². The summed E-state index contributed by atoms with van der Waals surface area (Å²) in [6, 6.07) is 10.7. The van der Waals surface area contributed by atoms with E-state index in [1.54, 1.807) is 31.2 Å². The molecule has 148 valence electrons. The Bertz CT molecular complexity index is 868. The second-order valence-electron chi connectivity index (χ2n) is 7.17. The molecule has 1 fully saturated rings. The van der Waals surface area contributed by atoms with E-state index in [1.165, 1.54) is 0 Å². The molecule has 0 unspecified atom stereocenters. The number of likely N-dealkylation sites (tertiary alicyclic amines) is 1. The van der Waals surface area contributed by atoms with Crippen molar-refractivity contribution >= 4 is 29.1 Å². The van der Waals surface area contributed by atoms with Crippen LogP contribution in [0, 0.1) is 13.8 Å². The van der Waals surface area contributed by atoms with E-state index in [2.05, 4.69) is 5.32 Å². The fourth-order valence-corrected chi connectivity index (χ4v) is 3.44. The van der Waals surface area contributed by atoms with Crippen LogP contribution in [-0.4, -0.2) is 35.9 Å². The molecule has 2 amide bonds. The summed E-state index contributed by atoms with van der Waals surface area (Å²) >= 11 is 6.19. The molecule has 1 heterocycles. The lowest BCUT2D eigenvalue weighted by Gasteiger charge is -2.20. The van der Waals surface area contributed by atoms with Crippen LogP contribution in [0.2, 0.25) is 5.02 Å². The molecule has 5 nitrogen and oxygen atoms in total. The standard InChI is InChI=1S/C22H25ClN2O3/c1-14-12-17(13-15(2)20(14)23)28-16(3)21(26)24-19-9-5-4-8-18(19)22(27)25-10-6-7-11-25/h4-5,8-9,12-13,16H,6-7,10-11H2,1-3H3,(H,24,26)/t16-/m0/s1. The number of ether oxygens (including phenoxy) is 1. The first-order valence-corrected chi connectivity index (χ1v) is 9.87. The molecule has 0 saturated carbocycles. The Morgan fingerprint density at radius 3 is 2.36 bits per heavy atom. The predicted octanol–water partition coefficient (Wildman–Crippen LogP) is 4.60. The number of nitrogens with zero attached hydrogens (tertiary/aromatic N) is 1. The highest BCUT2D eigenvalue weighted by atomic mass is 35.5. The molecule has 0 radical (unpaired) electrons. The van der Waals surface area contributed by atoms with Gasteiger partial charge in [-0.2, -0.15) is 0 Å². The van der Waals surface area contributed by atoms with Crippen LogP contribution in [0.25, 0.3) is 0 Å². The molecule has 1 N–H and O–H groups in total. The largest absolute Gasteiger partial charge is 0.481 e. The fraction of sp³-hybridized carbons (Fsp3) is 0.364. The molecule has 2 aromatic carbocycles. The lowest BCUT2D eigenvalue weighted by Crippen LogP contribution is -2.32. The van der Waals surface area contributed by atoms with Crippen LogP contribution < -0.4 is 10.1 Å². The van der Waals surface area contributed by atoms with E-state index in [0.29, 0.717) is 22.0 Å². The number of aryl methyl sites for hydroxylation is 2. The number of carbonyl (C=O) groups is 2. The molecule has 1 aliphatic rings. The number of hydrogen-bond donors (Lipinski definition) is 1. The number of nitrogens with one attached hydrogen (secondary N) is 1.